The fourth-order valence-corrected chi connectivity index (χ4v) is 3.83. The highest BCUT2D eigenvalue weighted by Gasteiger charge is 2.34. The molecule has 0 bridgehead atoms. The Kier molecular flexibility index (Phi) is 5.04. The largest absolute Gasteiger partial charge is 0.479 e. The topological polar surface area (TPSA) is 49.8 Å². The van der Waals surface area contributed by atoms with E-state index in [1.165, 1.54) is 16.8 Å². The molecule has 3 rings (SSSR count). The van der Waals surface area contributed by atoms with Crippen molar-refractivity contribution < 1.29 is 14.6 Å². The highest BCUT2D eigenvalue weighted by Crippen LogP contribution is 2.44. The lowest BCUT2D eigenvalue weighted by Gasteiger charge is -2.29. The van der Waals surface area contributed by atoms with E-state index in [-0.39, 0.29) is 0 Å². The number of hydrogen-bond acceptors (Lipinski definition) is 3. The lowest BCUT2D eigenvalue weighted by atomic mass is 9.86. The summed E-state index contributed by atoms with van der Waals surface area (Å²) in [6.07, 6.45) is -0.0954. The number of likely N-dealkylation sites (N-methyl/N-ethyl adjacent to an activating group) is 1. The second-order valence-corrected chi connectivity index (χ2v) is 8.47. The van der Waals surface area contributed by atoms with Crippen LogP contribution in [0.2, 0.25) is 0 Å². The van der Waals surface area contributed by atoms with Crippen molar-refractivity contribution in [2.75, 3.05) is 18.5 Å². The lowest BCUT2D eigenvalue weighted by Crippen LogP contribution is -2.28. The predicted molar refractivity (Wildman–Crippen MR) is 110 cm³/mol. The third-order valence-electron chi connectivity index (χ3n) is 5.06. The van der Waals surface area contributed by atoms with E-state index in [0.29, 0.717) is 0 Å². The predicted octanol–water partition coefficient (Wildman–Crippen LogP) is 4.90. The van der Waals surface area contributed by atoms with Crippen molar-refractivity contribution in [2.24, 2.45) is 0 Å². The van der Waals surface area contributed by atoms with E-state index in [1.807, 2.05) is 27.7 Å². The smallest absolute Gasteiger partial charge is 0.337 e. The summed E-state index contributed by atoms with van der Waals surface area (Å²) < 4.78 is 6.03. The van der Waals surface area contributed by atoms with Crippen LogP contribution in [-0.2, 0) is 16.0 Å². The monoisotopic (exact) mass is 367 g/mol. The van der Waals surface area contributed by atoms with Crippen LogP contribution in [0.15, 0.2) is 30.3 Å². The molecule has 2 aromatic carbocycles. The van der Waals surface area contributed by atoms with Crippen molar-refractivity contribution >= 4 is 11.7 Å². The molecule has 1 aliphatic rings. The summed E-state index contributed by atoms with van der Waals surface area (Å²) in [6, 6.07) is 10.4. The van der Waals surface area contributed by atoms with E-state index < -0.39 is 17.7 Å². The average Bonchev–Trinajstić information content (AvgIpc) is 2.92. The number of hydrogen-bond donors (Lipinski definition) is 1. The number of rotatable bonds is 4. The molecule has 0 saturated heterocycles. The Balaban J connectivity index is 2.29. The standard InChI is InChI=1S/C23H29NO3/c1-14-7-9-16(10-8-14)20-17-11-12-24(6)18(17)13-15(2)19(20)21(22(25)26)27-23(3,4)5/h7-10,13,21H,11-12H2,1-6H3,(H,25,26). The molecular formula is C23H29NO3. The maximum Gasteiger partial charge on any atom is 0.337 e. The second kappa shape index (κ2) is 7.01. The van der Waals surface area contributed by atoms with Crippen LogP contribution in [0.4, 0.5) is 5.69 Å². The number of nitrogens with zero attached hydrogens (tertiary/aromatic N) is 1. The first kappa shape index (κ1) is 19.4. The lowest BCUT2D eigenvalue weighted by molar-refractivity contribution is -0.160. The molecule has 4 nitrogen and oxygen atoms in total. The zero-order chi connectivity index (χ0) is 19.9. The summed E-state index contributed by atoms with van der Waals surface area (Å²) in [5, 5.41) is 10.00. The maximum absolute atomic E-state index is 12.2. The second-order valence-electron chi connectivity index (χ2n) is 8.47. The highest BCUT2D eigenvalue weighted by atomic mass is 16.5. The van der Waals surface area contributed by atoms with Gasteiger partial charge in [-0.25, -0.2) is 4.79 Å². The van der Waals surface area contributed by atoms with Gasteiger partial charge in [-0.1, -0.05) is 29.8 Å². The molecule has 0 amide bonds. The number of carboxylic acid groups (broad SMARTS) is 1. The molecule has 1 N–H and O–H groups in total. The van der Waals surface area contributed by atoms with Gasteiger partial charge < -0.3 is 14.7 Å². The number of anilines is 1. The molecular weight excluding hydrogens is 338 g/mol. The van der Waals surface area contributed by atoms with Gasteiger partial charge in [0.05, 0.1) is 5.60 Å². The molecule has 27 heavy (non-hydrogen) atoms. The average molecular weight is 367 g/mol. The van der Waals surface area contributed by atoms with Crippen LogP contribution in [0.25, 0.3) is 11.1 Å². The van der Waals surface area contributed by atoms with Crippen LogP contribution in [0, 0.1) is 13.8 Å². The third kappa shape index (κ3) is 3.86. The van der Waals surface area contributed by atoms with Gasteiger partial charge >= 0.3 is 5.97 Å². The summed E-state index contributed by atoms with van der Waals surface area (Å²) in [5.74, 6) is -0.951. The van der Waals surface area contributed by atoms with Crippen molar-refractivity contribution in [1.82, 2.24) is 0 Å². The third-order valence-corrected chi connectivity index (χ3v) is 5.06. The molecule has 1 heterocycles. The molecule has 0 aliphatic carbocycles. The van der Waals surface area contributed by atoms with Crippen LogP contribution >= 0.6 is 0 Å². The molecule has 0 saturated carbocycles. The normalized spacial score (nSPS) is 15.0. The van der Waals surface area contributed by atoms with E-state index in [1.54, 1.807) is 0 Å². The number of fused-ring (bicyclic) bond motifs is 1. The van der Waals surface area contributed by atoms with Crippen LogP contribution in [0.3, 0.4) is 0 Å². The first-order valence-corrected chi connectivity index (χ1v) is 9.43. The molecule has 0 spiro atoms. The summed E-state index contributed by atoms with van der Waals surface area (Å²) in [4.78, 5) is 14.4. The van der Waals surface area contributed by atoms with Crippen LogP contribution in [-0.4, -0.2) is 30.3 Å². The molecule has 1 atom stereocenters. The molecule has 1 unspecified atom stereocenters. The Bertz CT molecular complexity index is 863. The zero-order valence-corrected chi connectivity index (χ0v) is 17.1. The van der Waals surface area contributed by atoms with E-state index in [4.69, 9.17) is 4.74 Å². The summed E-state index contributed by atoms with van der Waals surface area (Å²) >= 11 is 0. The van der Waals surface area contributed by atoms with E-state index >= 15 is 0 Å². The summed E-state index contributed by atoms with van der Waals surface area (Å²) in [6.45, 7) is 10.7. The van der Waals surface area contributed by atoms with Crippen LogP contribution < -0.4 is 4.90 Å². The van der Waals surface area contributed by atoms with Gasteiger partial charge in [-0.3, -0.25) is 0 Å². The fraction of sp³-hybridized carbons (Fsp3) is 0.435. The number of ether oxygens (including phenoxy) is 1. The van der Waals surface area contributed by atoms with Crippen molar-refractivity contribution in [3.63, 3.8) is 0 Å². The Labute approximate surface area is 161 Å². The van der Waals surface area contributed by atoms with Crippen LogP contribution in [0.1, 0.15) is 49.1 Å². The number of aliphatic carboxylic acids is 1. The molecule has 2 aromatic rings. The van der Waals surface area contributed by atoms with Gasteiger partial charge in [0.15, 0.2) is 6.10 Å². The van der Waals surface area contributed by atoms with Gasteiger partial charge in [0.25, 0.3) is 0 Å². The van der Waals surface area contributed by atoms with Gasteiger partial charge in [0.1, 0.15) is 0 Å². The Morgan fingerprint density at radius 2 is 1.81 bits per heavy atom. The van der Waals surface area contributed by atoms with Gasteiger partial charge in [-0.2, -0.15) is 0 Å². The Morgan fingerprint density at radius 1 is 1.19 bits per heavy atom. The maximum atomic E-state index is 12.2. The minimum Gasteiger partial charge on any atom is -0.479 e. The van der Waals surface area contributed by atoms with Gasteiger partial charge in [-0.15, -0.1) is 0 Å². The Morgan fingerprint density at radius 3 is 2.37 bits per heavy atom. The molecule has 4 heteroatoms. The SMILES string of the molecule is Cc1ccc(-c2c3c(cc(C)c2C(OC(C)(C)C)C(=O)O)N(C)CC3)cc1. The first-order chi connectivity index (χ1) is 12.6. The van der Waals surface area contributed by atoms with Gasteiger partial charge in [0.2, 0.25) is 0 Å². The molecule has 1 aliphatic heterocycles. The van der Waals surface area contributed by atoms with Crippen molar-refractivity contribution in [2.45, 2.75) is 52.7 Å². The van der Waals surface area contributed by atoms with Crippen molar-refractivity contribution in [1.29, 1.82) is 0 Å². The number of carbonyl (C=O) groups is 1. The van der Waals surface area contributed by atoms with E-state index in [0.717, 1.165) is 35.2 Å². The summed E-state index contributed by atoms with van der Waals surface area (Å²) in [5.41, 5.74) is 6.82. The van der Waals surface area contributed by atoms with E-state index in [9.17, 15) is 9.90 Å². The first-order valence-electron chi connectivity index (χ1n) is 9.43. The number of carboxylic acids is 1. The molecule has 144 valence electrons. The van der Waals surface area contributed by atoms with E-state index in [2.05, 4.69) is 49.2 Å². The minimum atomic E-state index is -1.00. The Hall–Kier alpha value is -2.33. The van der Waals surface area contributed by atoms with Gasteiger partial charge in [0, 0.05) is 24.8 Å². The minimum absolute atomic E-state index is 0.560. The highest BCUT2D eigenvalue weighted by molar-refractivity contribution is 5.86. The zero-order valence-electron chi connectivity index (χ0n) is 17.1. The molecule has 0 radical (unpaired) electrons. The molecule has 0 aromatic heterocycles. The van der Waals surface area contributed by atoms with Crippen molar-refractivity contribution in [3.05, 3.63) is 52.6 Å². The quantitative estimate of drug-likeness (QED) is 0.835. The van der Waals surface area contributed by atoms with Gasteiger partial charge in [-0.05, 0) is 69.4 Å². The van der Waals surface area contributed by atoms with Crippen molar-refractivity contribution in [3.8, 4) is 11.1 Å². The number of aryl methyl sites for hydroxylation is 2. The molecule has 0 fully saturated rings. The van der Waals surface area contributed by atoms with Crippen LogP contribution in [0.5, 0.6) is 0 Å². The summed E-state index contributed by atoms with van der Waals surface area (Å²) in [7, 11) is 2.09. The fourth-order valence-electron chi connectivity index (χ4n) is 3.83. The number of benzene rings is 2.